The number of benzene rings is 1. The number of aromatic nitrogens is 1. The fraction of sp³-hybridized carbons (Fsp3) is 0.267. The first kappa shape index (κ1) is 14.1. The molecule has 1 heterocycles. The molecule has 1 N–H and O–H groups in total. The Kier molecular flexibility index (Phi) is 4.79. The molecule has 0 bridgehead atoms. The molecule has 1 aromatic heterocycles. The summed E-state index contributed by atoms with van der Waals surface area (Å²) in [5.74, 6) is 0. The van der Waals surface area contributed by atoms with Crippen molar-refractivity contribution in [1.82, 2.24) is 10.3 Å². The Labute approximate surface area is 117 Å². The minimum Gasteiger partial charge on any atom is -0.310 e. The van der Waals surface area contributed by atoms with Crippen LogP contribution in [-0.4, -0.2) is 16.5 Å². The minimum atomic E-state index is -0.386. The molecule has 0 amide bonds. The van der Waals surface area contributed by atoms with Crippen molar-refractivity contribution in [2.24, 2.45) is 0 Å². The van der Waals surface area contributed by atoms with Gasteiger partial charge in [0.1, 0.15) is 0 Å². The molecule has 0 radical (unpaired) electrons. The van der Waals surface area contributed by atoms with Gasteiger partial charge in [0.05, 0.1) is 4.92 Å². The number of nitrogens with zero attached hydrogens (tertiary/aromatic N) is 2. The molecule has 0 fully saturated rings. The number of rotatable bonds is 6. The van der Waals surface area contributed by atoms with Gasteiger partial charge in [-0.15, -0.1) is 0 Å². The van der Waals surface area contributed by atoms with E-state index < -0.39 is 0 Å². The second-order valence-electron chi connectivity index (χ2n) is 4.60. The number of pyridine rings is 1. The summed E-state index contributed by atoms with van der Waals surface area (Å²) >= 11 is 0. The molecule has 0 spiro atoms. The lowest BCUT2D eigenvalue weighted by Crippen LogP contribution is -2.21. The lowest BCUT2D eigenvalue weighted by atomic mass is 10.1. The van der Waals surface area contributed by atoms with Gasteiger partial charge in [-0.3, -0.25) is 15.1 Å². The highest BCUT2D eigenvalue weighted by atomic mass is 16.6. The van der Waals surface area contributed by atoms with Crippen LogP contribution in [-0.2, 0) is 6.42 Å². The Balaban J connectivity index is 1.85. The second-order valence-corrected chi connectivity index (χ2v) is 4.60. The predicted molar refractivity (Wildman–Crippen MR) is 77.5 cm³/mol. The van der Waals surface area contributed by atoms with Gasteiger partial charge in [0.2, 0.25) is 0 Å². The third-order valence-electron chi connectivity index (χ3n) is 3.16. The van der Waals surface area contributed by atoms with Crippen LogP contribution in [0.15, 0.2) is 48.7 Å². The maximum Gasteiger partial charge on any atom is 0.269 e. The lowest BCUT2D eigenvalue weighted by molar-refractivity contribution is -0.384. The molecule has 0 aliphatic rings. The van der Waals surface area contributed by atoms with Crippen molar-refractivity contribution in [3.8, 4) is 0 Å². The summed E-state index contributed by atoms with van der Waals surface area (Å²) in [5, 5.41) is 14.0. The molecule has 0 aliphatic carbocycles. The summed E-state index contributed by atoms with van der Waals surface area (Å²) in [5.41, 5.74) is 2.21. The fourth-order valence-electron chi connectivity index (χ4n) is 1.97. The van der Waals surface area contributed by atoms with E-state index in [4.69, 9.17) is 0 Å². The average Bonchev–Trinajstić information content (AvgIpc) is 2.48. The van der Waals surface area contributed by atoms with Crippen molar-refractivity contribution in [1.29, 1.82) is 0 Å². The quantitative estimate of drug-likeness (QED) is 0.648. The third-order valence-corrected chi connectivity index (χ3v) is 3.16. The van der Waals surface area contributed by atoms with Gasteiger partial charge in [0.15, 0.2) is 0 Å². The first-order valence-electron chi connectivity index (χ1n) is 6.54. The van der Waals surface area contributed by atoms with Gasteiger partial charge >= 0.3 is 0 Å². The molecule has 104 valence electrons. The van der Waals surface area contributed by atoms with Gasteiger partial charge in [-0.25, -0.2) is 0 Å². The number of nitro groups is 1. The van der Waals surface area contributed by atoms with E-state index in [-0.39, 0.29) is 16.7 Å². The average molecular weight is 271 g/mol. The van der Waals surface area contributed by atoms with Crippen molar-refractivity contribution in [2.75, 3.05) is 6.54 Å². The zero-order valence-corrected chi connectivity index (χ0v) is 11.3. The molecule has 1 atom stereocenters. The zero-order chi connectivity index (χ0) is 14.4. The van der Waals surface area contributed by atoms with Crippen LogP contribution in [0.5, 0.6) is 0 Å². The molecule has 20 heavy (non-hydrogen) atoms. The standard InChI is InChI=1S/C15H17N3O2/c1-12(13-5-7-15(8-6-13)18(19)20)16-11-9-14-4-2-3-10-17-14/h2-8,10,12,16H,9,11H2,1H3. The molecule has 0 aliphatic heterocycles. The first-order chi connectivity index (χ1) is 9.66. The van der Waals surface area contributed by atoms with Gasteiger partial charge in [0, 0.05) is 43.0 Å². The van der Waals surface area contributed by atoms with E-state index in [9.17, 15) is 10.1 Å². The molecule has 1 aromatic carbocycles. The molecule has 5 nitrogen and oxygen atoms in total. The molecule has 0 saturated carbocycles. The van der Waals surface area contributed by atoms with Gasteiger partial charge in [0.25, 0.3) is 5.69 Å². The van der Waals surface area contributed by atoms with Gasteiger partial charge < -0.3 is 5.32 Å². The summed E-state index contributed by atoms with van der Waals surface area (Å²) in [6.07, 6.45) is 2.65. The first-order valence-corrected chi connectivity index (χ1v) is 6.54. The smallest absolute Gasteiger partial charge is 0.269 e. The van der Waals surface area contributed by atoms with E-state index in [2.05, 4.69) is 10.3 Å². The monoisotopic (exact) mass is 271 g/mol. The Morgan fingerprint density at radius 2 is 2.00 bits per heavy atom. The van der Waals surface area contributed by atoms with Gasteiger partial charge in [-0.1, -0.05) is 18.2 Å². The second kappa shape index (κ2) is 6.77. The molecular formula is C15H17N3O2. The van der Waals surface area contributed by atoms with Crippen LogP contribution in [0.4, 0.5) is 5.69 Å². The predicted octanol–water partition coefficient (Wildman–Crippen LogP) is 2.88. The van der Waals surface area contributed by atoms with E-state index in [1.54, 1.807) is 18.3 Å². The minimum absolute atomic E-state index is 0.120. The van der Waals surface area contributed by atoms with Gasteiger partial charge in [-0.2, -0.15) is 0 Å². The summed E-state index contributed by atoms with van der Waals surface area (Å²) in [7, 11) is 0. The zero-order valence-electron chi connectivity index (χ0n) is 11.3. The van der Waals surface area contributed by atoms with Crippen molar-refractivity contribution >= 4 is 5.69 Å². The van der Waals surface area contributed by atoms with E-state index in [1.807, 2.05) is 25.1 Å². The van der Waals surface area contributed by atoms with Crippen LogP contribution in [0.1, 0.15) is 24.2 Å². The van der Waals surface area contributed by atoms with Crippen LogP contribution in [0.3, 0.4) is 0 Å². The van der Waals surface area contributed by atoms with E-state index in [0.29, 0.717) is 0 Å². The Morgan fingerprint density at radius 3 is 2.60 bits per heavy atom. The maximum absolute atomic E-state index is 10.6. The number of hydrogen-bond acceptors (Lipinski definition) is 4. The number of nitrogens with one attached hydrogen (secondary N) is 1. The van der Waals surface area contributed by atoms with Crippen LogP contribution in [0.25, 0.3) is 0 Å². The van der Waals surface area contributed by atoms with E-state index >= 15 is 0 Å². The van der Waals surface area contributed by atoms with Crippen molar-refractivity contribution in [3.63, 3.8) is 0 Å². The summed E-state index contributed by atoms with van der Waals surface area (Å²) in [4.78, 5) is 14.5. The highest BCUT2D eigenvalue weighted by molar-refractivity contribution is 5.34. The Bertz CT molecular complexity index is 555. The van der Waals surface area contributed by atoms with Crippen molar-refractivity contribution in [2.45, 2.75) is 19.4 Å². The molecular weight excluding hydrogens is 254 g/mol. The Hall–Kier alpha value is -2.27. The van der Waals surface area contributed by atoms with E-state index in [0.717, 1.165) is 24.2 Å². The topological polar surface area (TPSA) is 68.1 Å². The molecule has 2 aromatic rings. The molecule has 2 rings (SSSR count). The van der Waals surface area contributed by atoms with Crippen LogP contribution >= 0.6 is 0 Å². The SMILES string of the molecule is CC(NCCc1ccccn1)c1ccc([N+](=O)[O-])cc1. The van der Waals surface area contributed by atoms with Crippen LogP contribution in [0.2, 0.25) is 0 Å². The normalized spacial score (nSPS) is 12.1. The maximum atomic E-state index is 10.6. The van der Waals surface area contributed by atoms with Crippen molar-refractivity contribution in [3.05, 3.63) is 70.0 Å². The molecule has 1 unspecified atom stereocenters. The number of non-ortho nitro benzene ring substituents is 1. The number of nitro benzene ring substituents is 1. The summed E-state index contributed by atoms with van der Waals surface area (Å²) in [6, 6.07) is 12.7. The molecule has 0 saturated heterocycles. The van der Waals surface area contributed by atoms with Crippen LogP contribution < -0.4 is 5.32 Å². The van der Waals surface area contributed by atoms with E-state index in [1.165, 1.54) is 12.1 Å². The van der Waals surface area contributed by atoms with Crippen molar-refractivity contribution < 1.29 is 4.92 Å². The highest BCUT2D eigenvalue weighted by Gasteiger charge is 2.08. The summed E-state index contributed by atoms with van der Waals surface area (Å²) < 4.78 is 0. The number of hydrogen-bond donors (Lipinski definition) is 1. The third kappa shape index (κ3) is 3.86. The largest absolute Gasteiger partial charge is 0.310 e. The highest BCUT2D eigenvalue weighted by Crippen LogP contribution is 2.17. The summed E-state index contributed by atoms with van der Waals surface area (Å²) in [6.45, 7) is 2.86. The Morgan fingerprint density at radius 1 is 1.25 bits per heavy atom. The lowest BCUT2D eigenvalue weighted by Gasteiger charge is -2.13. The molecule has 5 heteroatoms. The fourth-order valence-corrected chi connectivity index (χ4v) is 1.97. The van der Waals surface area contributed by atoms with Gasteiger partial charge in [-0.05, 0) is 24.6 Å². The van der Waals surface area contributed by atoms with Crippen LogP contribution in [0, 0.1) is 10.1 Å².